The fraction of sp³-hybridized carbons (Fsp3) is 0.286. The molecule has 0 aliphatic carbocycles. The van der Waals surface area contributed by atoms with Crippen molar-refractivity contribution in [2.45, 2.75) is 30.9 Å². The third-order valence-electron chi connectivity index (χ3n) is 3.06. The second kappa shape index (κ2) is 6.65. The number of aliphatic hydroxyl groups is 1. The molecular weight excluding hydrogens is 313 g/mol. The molecule has 7 heteroatoms. The van der Waals surface area contributed by atoms with Crippen molar-refractivity contribution in [1.29, 1.82) is 0 Å². The molecule has 1 unspecified atom stereocenters. The molecule has 0 bridgehead atoms. The Hall–Kier alpha value is -1.28. The van der Waals surface area contributed by atoms with Crippen LogP contribution < -0.4 is 4.72 Å². The Morgan fingerprint density at radius 2 is 2.14 bits per heavy atom. The molecule has 0 radical (unpaired) electrons. The van der Waals surface area contributed by atoms with Gasteiger partial charge in [-0.05, 0) is 35.6 Å². The molecule has 0 spiro atoms. The van der Waals surface area contributed by atoms with Gasteiger partial charge in [-0.15, -0.1) is 11.3 Å². The summed E-state index contributed by atoms with van der Waals surface area (Å²) in [7, 11) is -3.95. The van der Waals surface area contributed by atoms with E-state index in [-0.39, 0.29) is 12.6 Å². The summed E-state index contributed by atoms with van der Waals surface area (Å²) in [6.07, 6.45) is 0.566. The van der Waals surface area contributed by atoms with Crippen LogP contribution in [0, 0.1) is 5.82 Å². The Labute approximate surface area is 127 Å². The Kier molecular flexibility index (Phi) is 5.10. The summed E-state index contributed by atoms with van der Waals surface area (Å²) < 4.78 is 41.0. The van der Waals surface area contributed by atoms with Crippen LogP contribution in [0.5, 0.6) is 0 Å². The zero-order chi connectivity index (χ0) is 15.5. The molecule has 0 saturated carbocycles. The first-order valence-corrected chi connectivity index (χ1v) is 8.79. The van der Waals surface area contributed by atoms with Gasteiger partial charge < -0.3 is 5.11 Å². The van der Waals surface area contributed by atoms with Crippen LogP contribution in [0.3, 0.4) is 0 Å². The van der Waals surface area contributed by atoms with Crippen LogP contribution in [0.15, 0.2) is 40.6 Å². The van der Waals surface area contributed by atoms with E-state index in [9.17, 15) is 12.8 Å². The highest BCUT2D eigenvalue weighted by molar-refractivity contribution is 7.89. The van der Waals surface area contributed by atoms with Crippen LogP contribution in [-0.2, 0) is 16.6 Å². The molecule has 114 valence electrons. The average Bonchev–Trinajstić information content (AvgIpc) is 2.98. The van der Waals surface area contributed by atoms with Crippen molar-refractivity contribution >= 4 is 21.4 Å². The number of sulfonamides is 1. The maximum absolute atomic E-state index is 13.9. The first-order chi connectivity index (χ1) is 9.97. The van der Waals surface area contributed by atoms with Gasteiger partial charge in [0.1, 0.15) is 10.7 Å². The molecule has 1 atom stereocenters. The average molecular weight is 329 g/mol. The maximum atomic E-state index is 13.9. The topological polar surface area (TPSA) is 66.4 Å². The van der Waals surface area contributed by atoms with Gasteiger partial charge in [-0.3, -0.25) is 0 Å². The van der Waals surface area contributed by atoms with E-state index in [2.05, 4.69) is 4.72 Å². The standard InChI is InChI=1S/C14H16FNO3S2/c1-2-12(13-4-3-7-20-13)16-21(18,19)14-6-5-10(9-17)8-11(14)15/h3-8,12,16-17H,2,9H2,1H3. The second-order valence-electron chi connectivity index (χ2n) is 4.52. The van der Waals surface area contributed by atoms with E-state index in [1.165, 1.54) is 23.5 Å². The van der Waals surface area contributed by atoms with Gasteiger partial charge in [-0.2, -0.15) is 0 Å². The number of hydrogen-bond donors (Lipinski definition) is 2. The van der Waals surface area contributed by atoms with Crippen LogP contribution in [-0.4, -0.2) is 13.5 Å². The molecule has 0 amide bonds. The van der Waals surface area contributed by atoms with Gasteiger partial charge in [-0.25, -0.2) is 17.5 Å². The predicted octanol–water partition coefficient (Wildman–Crippen LogP) is 2.81. The van der Waals surface area contributed by atoms with Crippen molar-refractivity contribution in [3.8, 4) is 0 Å². The number of nitrogens with one attached hydrogen (secondary N) is 1. The van der Waals surface area contributed by atoms with Crippen molar-refractivity contribution in [2.24, 2.45) is 0 Å². The van der Waals surface area contributed by atoms with Crippen LogP contribution in [0.2, 0.25) is 0 Å². The van der Waals surface area contributed by atoms with E-state index in [4.69, 9.17) is 5.11 Å². The SMILES string of the molecule is CCC(NS(=O)(=O)c1ccc(CO)cc1F)c1cccs1. The van der Waals surface area contributed by atoms with Gasteiger partial charge in [-0.1, -0.05) is 19.1 Å². The molecule has 1 aromatic carbocycles. The molecule has 21 heavy (non-hydrogen) atoms. The summed E-state index contributed by atoms with van der Waals surface area (Å²) >= 11 is 1.45. The number of benzene rings is 1. The zero-order valence-electron chi connectivity index (χ0n) is 11.4. The van der Waals surface area contributed by atoms with Gasteiger partial charge in [0.05, 0.1) is 12.6 Å². The molecule has 0 saturated heterocycles. The smallest absolute Gasteiger partial charge is 0.244 e. The molecule has 2 rings (SSSR count). The largest absolute Gasteiger partial charge is 0.392 e. The second-order valence-corrected chi connectivity index (χ2v) is 7.18. The first-order valence-electron chi connectivity index (χ1n) is 6.43. The summed E-state index contributed by atoms with van der Waals surface area (Å²) in [5.74, 6) is -0.866. The number of rotatable bonds is 6. The van der Waals surface area contributed by atoms with E-state index >= 15 is 0 Å². The van der Waals surface area contributed by atoms with Crippen molar-refractivity contribution in [2.75, 3.05) is 0 Å². The molecule has 2 N–H and O–H groups in total. The molecule has 0 aliphatic rings. The van der Waals surface area contributed by atoms with Gasteiger partial charge in [0, 0.05) is 4.88 Å². The molecule has 1 heterocycles. The van der Waals surface area contributed by atoms with Crippen molar-refractivity contribution in [3.63, 3.8) is 0 Å². The lowest BCUT2D eigenvalue weighted by Crippen LogP contribution is -2.28. The highest BCUT2D eigenvalue weighted by Crippen LogP contribution is 2.25. The maximum Gasteiger partial charge on any atom is 0.244 e. The minimum absolute atomic E-state index is 0.330. The molecule has 1 aromatic heterocycles. The Bertz CT molecular complexity index is 699. The third-order valence-corrected chi connectivity index (χ3v) is 5.55. The Balaban J connectivity index is 2.29. The molecule has 4 nitrogen and oxygen atoms in total. The minimum atomic E-state index is -3.95. The van der Waals surface area contributed by atoms with Crippen molar-refractivity contribution < 1.29 is 17.9 Å². The lowest BCUT2D eigenvalue weighted by Gasteiger charge is -2.16. The van der Waals surface area contributed by atoms with E-state index in [0.29, 0.717) is 12.0 Å². The number of aliphatic hydroxyl groups excluding tert-OH is 1. The van der Waals surface area contributed by atoms with E-state index < -0.39 is 20.7 Å². The molecular formula is C14H16FNO3S2. The normalized spacial score (nSPS) is 13.3. The molecule has 0 aliphatic heterocycles. The minimum Gasteiger partial charge on any atom is -0.392 e. The highest BCUT2D eigenvalue weighted by atomic mass is 32.2. The van der Waals surface area contributed by atoms with E-state index in [1.807, 2.05) is 24.4 Å². The monoisotopic (exact) mass is 329 g/mol. The Morgan fingerprint density at radius 3 is 2.67 bits per heavy atom. The van der Waals surface area contributed by atoms with Crippen LogP contribution in [0.1, 0.15) is 29.8 Å². The van der Waals surface area contributed by atoms with Crippen LogP contribution in [0.25, 0.3) is 0 Å². The van der Waals surface area contributed by atoms with Gasteiger partial charge >= 0.3 is 0 Å². The first kappa shape index (κ1) is 16.1. The quantitative estimate of drug-likeness (QED) is 0.856. The summed E-state index contributed by atoms with van der Waals surface area (Å²) in [6, 6.07) is 6.89. The Morgan fingerprint density at radius 1 is 1.38 bits per heavy atom. The summed E-state index contributed by atoms with van der Waals surface area (Å²) in [4.78, 5) is 0.475. The predicted molar refractivity (Wildman–Crippen MR) is 80.0 cm³/mol. The van der Waals surface area contributed by atoms with Gasteiger partial charge in [0.15, 0.2) is 0 Å². The fourth-order valence-corrected chi connectivity index (χ4v) is 4.24. The van der Waals surface area contributed by atoms with Crippen LogP contribution in [0.4, 0.5) is 4.39 Å². The van der Waals surface area contributed by atoms with Crippen LogP contribution >= 0.6 is 11.3 Å². The lowest BCUT2D eigenvalue weighted by molar-refractivity contribution is 0.281. The third kappa shape index (κ3) is 3.68. The number of halogens is 1. The van der Waals surface area contributed by atoms with Gasteiger partial charge in [0.25, 0.3) is 0 Å². The highest BCUT2D eigenvalue weighted by Gasteiger charge is 2.24. The fourth-order valence-electron chi connectivity index (χ4n) is 1.94. The summed E-state index contributed by atoms with van der Waals surface area (Å²) in [5, 5.41) is 10.8. The van der Waals surface area contributed by atoms with Crippen molar-refractivity contribution in [1.82, 2.24) is 4.72 Å². The molecule has 0 fully saturated rings. The van der Waals surface area contributed by atoms with E-state index in [1.54, 1.807) is 0 Å². The zero-order valence-corrected chi connectivity index (χ0v) is 13.0. The van der Waals surface area contributed by atoms with E-state index in [0.717, 1.165) is 10.9 Å². The number of hydrogen-bond acceptors (Lipinski definition) is 4. The number of thiophene rings is 1. The molecule has 2 aromatic rings. The van der Waals surface area contributed by atoms with Gasteiger partial charge in [0.2, 0.25) is 10.0 Å². The lowest BCUT2D eigenvalue weighted by atomic mass is 10.2. The summed E-state index contributed by atoms with van der Waals surface area (Å²) in [5.41, 5.74) is 0.330. The summed E-state index contributed by atoms with van der Waals surface area (Å²) in [6.45, 7) is 1.52. The van der Waals surface area contributed by atoms with Crippen molar-refractivity contribution in [3.05, 3.63) is 52.0 Å².